The van der Waals surface area contributed by atoms with E-state index in [0.717, 1.165) is 27.8 Å². The summed E-state index contributed by atoms with van der Waals surface area (Å²) in [5, 5.41) is 20.3. The first-order chi connectivity index (χ1) is 17.0. The van der Waals surface area contributed by atoms with Gasteiger partial charge in [-0.05, 0) is 36.2 Å². The highest BCUT2D eigenvalue weighted by molar-refractivity contribution is 5.26. The first-order valence-corrected chi connectivity index (χ1v) is 12.2. The molecule has 1 aliphatic heterocycles. The van der Waals surface area contributed by atoms with E-state index in [1.54, 1.807) is 0 Å². The van der Waals surface area contributed by atoms with E-state index in [4.69, 9.17) is 15.2 Å². The lowest BCUT2D eigenvalue weighted by Crippen LogP contribution is -2.43. The Balaban J connectivity index is 1.51. The zero-order chi connectivity index (χ0) is 24.8. The summed E-state index contributed by atoms with van der Waals surface area (Å²) in [5.41, 5.74) is 10.6. The Hall–Kier alpha value is -2.58. The number of aliphatic hydroxyl groups is 2. The minimum absolute atomic E-state index is 0.0140. The second-order valence-corrected chi connectivity index (χ2v) is 9.33. The van der Waals surface area contributed by atoms with E-state index in [2.05, 4.69) is 4.90 Å². The van der Waals surface area contributed by atoms with Gasteiger partial charge in [0.25, 0.3) is 0 Å². The van der Waals surface area contributed by atoms with Crippen LogP contribution in [0.1, 0.15) is 59.7 Å². The van der Waals surface area contributed by atoms with Gasteiger partial charge < -0.3 is 25.4 Å². The molecule has 1 saturated heterocycles. The lowest BCUT2D eigenvalue weighted by Gasteiger charge is -2.39. The lowest BCUT2D eigenvalue weighted by molar-refractivity contribution is -0.253. The quantitative estimate of drug-likeness (QED) is 0.428. The van der Waals surface area contributed by atoms with Crippen LogP contribution in [0.25, 0.3) is 0 Å². The Morgan fingerprint density at radius 2 is 1.54 bits per heavy atom. The van der Waals surface area contributed by atoms with Crippen LogP contribution in [0.2, 0.25) is 0 Å². The van der Waals surface area contributed by atoms with Crippen LogP contribution in [0.4, 0.5) is 0 Å². The van der Waals surface area contributed by atoms with Crippen LogP contribution in [0, 0.1) is 0 Å². The van der Waals surface area contributed by atoms with Gasteiger partial charge in [0.05, 0.1) is 24.9 Å². The second kappa shape index (κ2) is 11.9. The van der Waals surface area contributed by atoms with Crippen molar-refractivity contribution in [1.29, 1.82) is 0 Å². The maximum absolute atomic E-state index is 10.9. The predicted octanol–water partition coefficient (Wildman–Crippen LogP) is 4.24. The number of hydrogen-bond acceptors (Lipinski definition) is 6. The Labute approximate surface area is 207 Å². The first kappa shape index (κ1) is 25.5. The normalized spacial score (nSPS) is 22.2. The van der Waals surface area contributed by atoms with Gasteiger partial charge in [0, 0.05) is 31.1 Å². The van der Waals surface area contributed by atoms with Crippen molar-refractivity contribution in [2.24, 2.45) is 5.73 Å². The average Bonchev–Trinajstić information content (AvgIpc) is 2.92. The van der Waals surface area contributed by atoms with Crippen molar-refractivity contribution in [3.63, 3.8) is 0 Å². The van der Waals surface area contributed by atoms with Crippen LogP contribution in [0.3, 0.4) is 0 Å². The van der Waals surface area contributed by atoms with Crippen molar-refractivity contribution in [1.82, 2.24) is 4.90 Å². The third-order valence-corrected chi connectivity index (χ3v) is 6.89. The molecule has 0 aliphatic carbocycles. The van der Waals surface area contributed by atoms with E-state index in [0.29, 0.717) is 19.5 Å². The highest BCUT2D eigenvalue weighted by Crippen LogP contribution is 2.38. The van der Waals surface area contributed by atoms with Crippen LogP contribution >= 0.6 is 0 Å². The molecule has 1 heterocycles. The fraction of sp³-hybridized carbons (Fsp3) is 0.379. The highest BCUT2D eigenvalue weighted by atomic mass is 16.7. The van der Waals surface area contributed by atoms with Gasteiger partial charge in [-0.15, -0.1) is 0 Å². The molecule has 1 aliphatic rings. The molecule has 3 aromatic rings. The van der Waals surface area contributed by atoms with Gasteiger partial charge in [-0.25, -0.2) is 0 Å². The fourth-order valence-electron chi connectivity index (χ4n) is 4.50. The molecule has 0 radical (unpaired) electrons. The summed E-state index contributed by atoms with van der Waals surface area (Å²) in [6.07, 6.45) is -0.661. The third-order valence-electron chi connectivity index (χ3n) is 6.89. The number of rotatable bonds is 9. The lowest BCUT2D eigenvalue weighted by atomic mass is 9.98. The monoisotopic (exact) mass is 476 g/mol. The van der Waals surface area contributed by atoms with Crippen LogP contribution in [0.5, 0.6) is 0 Å². The third kappa shape index (κ3) is 6.35. The molecule has 0 amide bonds. The van der Waals surface area contributed by atoms with Gasteiger partial charge in [0.1, 0.15) is 0 Å². The Morgan fingerprint density at radius 3 is 2.17 bits per heavy atom. The minimum Gasteiger partial charge on any atom is -0.392 e. The van der Waals surface area contributed by atoms with E-state index >= 15 is 0 Å². The van der Waals surface area contributed by atoms with E-state index < -0.39 is 12.4 Å². The standard InChI is InChI=1S/C29H36N2O4/c1-20(28(33)24-6-4-3-5-7-24)31(2)18-26-16-27(23-12-10-22(19-32)11-13-23)35-29(34-26)25-14-8-21(17-30)9-15-25/h3-15,20,26-29,32-33H,16-19,30H2,1-2H3/t20-,26-,27+,28-,29?/m0/s1. The molecule has 4 rings (SSSR count). The fourth-order valence-corrected chi connectivity index (χ4v) is 4.50. The molecule has 4 N–H and O–H groups in total. The van der Waals surface area contributed by atoms with E-state index in [1.807, 2.05) is 92.8 Å². The zero-order valence-electron chi connectivity index (χ0n) is 20.5. The molecule has 6 nitrogen and oxygen atoms in total. The topological polar surface area (TPSA) is 88.2 Å². The van der Waals surface area contributed by atoms with Crippen molar-refractivity contribution >= 4 is 0 Å². The summed E-state index contributed by atoms with van der Waals surface area (Å²) < 4.78 is 12.8. The first-order valence-electron chi connectivity index (χ1n) is 12.2. The summed E-state index contributed by atoms with van der Waals surface area (Å²) in [7, 11) is 2.02. The molecule has 6 heteroatoms. The van der Waals surface area contributed by atoms with Gasteiger partial charge in [0.2, 0.25) is 0 Å². The molecule has 1 unspecified atom stereocenters. The SMILES string of the molecule is C[C@@H]([C@H](O)c1ccccc1)N(C)C[C@@H]1C[C@H](c2ccc(CO)cc2)OC(c2ccc(CN)cc2)O1. The molecule has 0 bridgehead atoms. The second-order valence-electron chi connectivity index (χ2n) is 9.33. The number of hydrogen-bond donors (Lipinski definition) is 3. The average molecular weight is 477 g/mol. The molecule has 3 aromatic carbocycles. The van der Waals surface area contributed by atoms with Crippen molar-refractivity contribution in [3.05, 3.63) is 107 Å². The summed E-state index contributed by atoms with van der Waals surface area (Å²) in [6, 6.07) is 25.6. The van der Waals surface area contributed by atoms with Crippen LogP contribution < -0.4 is 5.73 Å². The molecule has 35 heavy (non-hydrogen) atoms. The summed E-state index contributed by atoms with van der Waals surface area (Å²) >= 11 is 0. The maximum Gasteiger partial charge on any atom is 0.184 e. The highest BCUT2D eigenvalue weighted by Gasteiger charge is 2.34. The predicted molar refractivity (Wildman–Crippen MR) is 136 cm³/mol. The number of nitrogens with zero attached hydrogens (tertiary/aromatic N) is 1. The number of aliphatic hydroxyl groups excluding tert-OH is 2. The van der Waals surface area contributed by atoms with Gasteiger partial charge >= 0.3 is 0 Å². The molecular weight excluding hydrogens is 440 g/mol. The number of ether oxygens (including phenoxy) is 2. The van der Waals surface area contributed by atoms with Crippen molar-refractivity contribution < 1.29 is 19.7 Å². The molecule has 0 spiro atoms. The number of nitrogens with two attached hydrogens (primary N) is 1. The Bertz CT molecular complexity index is 987. The Morgan fingerprint density at radius 1 is 0.914 bits per heavy atom. The number of benzene rings is 3. The Kier molecular flexibility index (Phi) is 8.68. The molecular formula is C29H36N2O4. The molecule has 0 aromatic heterocycles. The summed E-state index contributed by atoms with van der Waals surface area (Å²) in [5.74, 6) is 0. The van der Waals surface area contributed by atoms with Crippen LogP contribution in [-0.2, 0) is 22.6 Å². The summed E-state index contributed by atoms with van der Waals surface area (Å²) in [4.78, 5) is 2.15. The van der Waals surface area contributed by atoms with Crippen molar-refractivity contribution in [2.45, 2.75) is 57.1 Å². The molecule has 186 valence electrons. The maximum atomic E-state index is 10.9. The van der Waals surface area contributed by atoms with Crippen LogP contribution in [-0.4, -0.2) is 40.9 Å². The smallest absolute Gasteiger partial charge is 0.184 e. The van der Waals surface area contributed by atoms with Gasteiger partial charge in [-0.1, -0.05) is 78.9 Å². The molecule has 1 fully saturated rings. The zero-order valence-corrected chi connectivity index (χ0v) is 20.5. The molecule has 5 atom stereocenters. The van der Waals surface area contributed by atoms with Crippen molar-refractivity contribution in [3.8, 4) is 0 Å². The van der Waals surface area contributed by atoms with Crippen LogP contribution in [0.15, 0.2) is 78.9 Å². The van der Waals surface area contributed by atoms with E-state index in [-0.39, 0.29) is 24.9 Å². The van der Waals surface area contributed by atoms with E-state index in [9.17, 15) is 10.2 Å². The van der Waals surface area contributed by atoms with Gasteiger partial charge in [-0.3, -0.25) is 4.90 Å². The van der Waals surface area contributed by atoms with Crippen molar-refractivity contribution in [2.75, 3.05) is 13.6 Å². The largest absolute Gasteiger partial charge is 0.392 e. The molecule has 0 saturated carbocycles. The number of likely N-dealkylation sites (N-methyl/N-ethyl adjacent to an activating group) is 1. The van der Waals surface area contributed by atoms with Gasteiger partial charge in [0.15, 0.2) is 6.29 Å². The van der Waals surface area contributed by atoms with E-state index in [1.165, 1.54) is 0 Å². The van der Waals surface area contributed by atoms with Gasteiger partial charge in [-0.2, -0.15) is 0 Å². The minimum atomic E-state index is -0.595. The summed E-state index contributed by atoms with van der Waals surface area (Å²) in [6.45, 7) is 3.18.